The molecule has 0 atom stereocenters. The van der Waals surface area contributed by atoms with Gasteiger partial charge in [0.2, 0.25) is 5.91 Å². The number of nitrogens with zero attached hydrogens (tertiary/aromatic N) is 3. The number of nitrogens with one attached hydrogen (secondary N) is 1. The summed E-state index contributed by atoms with van der Waals surface area (Å²) in [5.41, 5.74) is 1.03. The molecule has 0 radical (unpaired) electrons. The summed E-state index contributed by atoms with van der Waals surface area (Å²) < 4.78 is 7.02. The third-order valence-electron chi connectivity index (χ3n) is 3.27. The van der Waals surface area contributed by atoms with Crippen LogP contribution in [0.2, 0.25) is 0 Å². The van der Waals surface area contributed by atoms with Crippen molar-refractivity contribution in [3.05, 3.63) is 48.3 Å². The molecule has 0 saturated heterocycles. The van der Waals surface area contributed by atoms with Crippen LogP contribution >= 0.6 is 0 Å². The summed E-state index contributed by atoms with van der Waals surface area (Å²) in [6, 6.07) is 9.34. The summed E-state index contributed by atoms with van der Waals surface area (Å²) >= 11 is 0. The molecule has 0 fully saturated rings. The minimum atomic E-state index is -0.599. The number of carbonyl (C=O) groups is 2. The molecule has 0 saturated carbocycles. The van der Waals surface area contributed by atoms with E-state index in [1.54, 1.807) is 31.6 Å². The van der Waals surface area contributed by atoms with Crippen molar-refractivity contribution < 1.29 is 14.3 Å². The number of benzene rings is 1. The number of rotatable bonds is 5. The van der Waals surface area contributed by atoms with E-state index in [9.17, 15) is 9.59 Å². The zero-order valence-electron chi connectivity index (χ0n) is 15.0. The molecule has 7 nitrogen and oxygen atoms in total. The number of anilines is 1. The lowest BCUT2D eigenvalue weighted by molar-refractivity contribution is -0.117. The highest BCUT2D eigenvalue weighted by atomic mass is 16.6. The molecule has 0 aliphatic heterocycles. The topological polar surface area (TPSA) is 76.5 Å². The smallest absolute Gasteiger partial charge is 0.410 e. The Morgan fingerprint density at radius 1 is 1.24 bits per heavy atom. The van der Waals surface area contributed by atoms with Crippen LogP contribution in [0.3, 0.4) is 0 Å². The second-order valence-electron chi connectivity index (χ2n) is 6.75. The van der Waals surface area contributed by atoms with Crippen LogP contribution in [-0.4, -0.2) is 45.9 Å². The van der Waals surface area contributed by atoms with Crippen LogP contribution in [0.15, 0.2) is 42.7 Å². The van der Waals surface area contributed by atoms with Crippen LogP contribution in [0, 0.1) is 0 Å². The Labute approximate surface area is 147 Å². The lowest BCUT2D eigenvalue weighted by Gasteiger charge is -2.24. The number of likely N-dealkylation sites (N-methyl/N-ethyl adjacent to an activating group) is 1. The minimum Gasteiger partial charge on any atom is -0.444 e. The van der Waals surface area contributed by atoms with Crippen LogP contribution in [0.4, 0.5) is 10.5 Å². The molecule has 0 bridgehead atoms. The van der Waals surface area contributed by atoms with E-state index >= 15 is 0 Å². The molecule has 0 unspecified atom stereocenters. The monoisotopic (exact) mass is 344 g/mol. The van der Waals surface area contributed by atoms with E-state index in [-0.39, 0.29) is 12.5 Å². The number of amides is 2. The minimum absolute atomic E-state index is 0.0922. The molecule has 1 heterocycles. The Balaban J connectivity index is 1.97. The third kappa shape index (κ3) is 5.95. The van der Waals surface area contributed by atoms with E-state index in [1.165, 1.54) is 11.9 Å². The second-order valence-corrected chi connectivity index (χ2v) is 6.75. The van der Waals surface area contributed by atoms with Gasteiger partial charge in [0.1, 0.15) is 12.1 Å². The molecule has 1 N–H and O–H groups in total. The van der Waals surface area contributed by atoms with E-state index in [0.717, 1.165) is 5.56 Å². The number of hydrogen-bond acceptors (Lipinski definition) is 4. The summed E-state index contributed by atoms with van der Waals surface area (Å²) in [5, 5.41) is 7.01. The van der Waals surface area contributed by atoms with Gasteiger partial charge in [-0.1, -0.05) is 18.2 Å². The Bertz CT molecular complexity index is 720. The summed E-state index contributed by atoms with van der Waals surface area (Å²) in [6.07, 6.45) is 3.03. The predicted octanol–water partition coefficient (Wildman–Crippen LogP) is 2.74. The number of carbonyl (C=O) groups excluding carboxylic acids is 2. The number of aromatic nitrogens is 2. The molecular formula is C18H24N4O3. The van der Waals surface area contributed by atoms with E-state index < -0.39 is 11.7 Å². The molecule has 7 heteroatoms. The van der Waals surface area contributed by atoms with Crippen LogP contribution in [0.5, 0.6) is 0 Å². The van der Waals surface area contributed by atoms with Crippen LogP contribution in [-0.2, 0) is 16.1 Å². The first-order chi connectivity index (χ1) is 11.7. The first-order valence-corrected chi connectivity index (χ1v) is 8.04. The van der Waals surface area contributed by atoms with Gasteiger partial charge in [-0.2, -0.15) is 5.10 Å². The number of para-hydroxylation sites is 1. The van der Waals surface area contributed by atoms with Crippen molar-refractivity contribution in [1.82, 2.24) is 14.7 Å². The zero-order chi connectivity index (χ0) is 18.4. The van der Waals surface area contributed by atoms with Gasteiger partial charge < -0.3 is 15.0 Å². The zero-order valence-corrected chi connectivity index (χ0v) is 15.0. The van der Waals surface area contributed by atoms with Gasteiger partial charge in [-0.3, -0.25) is 9.48 Å². The van der Waals surface area contributed by atoms with Gasteiger partial charge in [0.15, 0.2) is 0 Å². The van der Waals surface area contributed by atoms with Crippen molar-refractivity contribution in [2.45, 2.75) is 32.9 Å². The Morgan fingerprint density at radius 3 is 2.60 bits per heavy atom. The predicted molar refractivity (Wildman–Crippen MR) is 95.3 cm³/mol. The van der Waals surface area contributed by atoms with Crippen molar-refractivity contribution in [2.75, 3.05) is 18.9 Å². The van der Waals surface area contributed by atoms with E-state index in [0.29, 0.717) is 12.2 Å². The molecule has 0 aliphatic carbocycles. The highest BCUT2D eigenvalue weighted by Gasteiger charge is 2.21. The van der Waals surface area contributed by atoms with Crippen molar-refractivity contribution in [1.29, 1.82) is 0 Å². The number of ether oxygens (including phenoxy) is 1. The molecule has 1 aromatic heterocycles. The standard InChI is InChI=1S/C18H24N4O3/c1-18(2,3)25-17(24)21(4)13-16(23)20-15-9-6-5-8-14(15)12-22-11-7-10-19-22/h5-11H,12-13H2,1-4H3,(H,20,23). The molecule has 2 rings (SSSR count). The maximum atomic E-state index is 12.3. The fraction of sp³-hybridized carbons (Fsp3) is 0.389. The Morgan fingerprint density at radius 2 is 1.96 bits per heavy atom. The molecule has 1 aromatic carbocycles. The lowest BCUT2D eigenvalue weighted by Crippen LogP contribution is -2.38. The maximum absolute atomic E-state index is 12.3. The van der Waals surface area contributed by atoms with Gasteiger partial charge in [0.25, 0.3) is 0 Å². The Hall–Kier alpha value is -2.83. The summed E-state index contributed by atoms with van der Waals surface area (Å²) in [7, 11) is 1.53. The maximum Gasteiger partial charge on any atom is 0.410 e. The average molecular weight is 344 g/mol. The fourth-order valence-corrected chi connectivity index (χ4v) is 2.16. The molecule has 2 aromatic rings. The first kappa shape index (κ1) is 18.5. The van der Waals surface area contributed by atoms with Crippen LogP contribution < -0.4 is 5.32 Å². The summed E-state index contributed by atoms with van der Waals surface area (Å²) in [6.45, 7) is 5.80. The lowest BCUT2D eigenvalue weighted by atomic mass is 10.1. The van der Waals surface area contributed by atoms with Crippen LogP contribution in [0.25, 0.3) is 0 Å². The number of hydrogen-bond donors (Lipinski definition) is 1. The molecule has 134 valence electrons. The molecule has 0 aliphatic rings. The van der Waals surface area contributed by atoms with Gasteiger partial charge >= 0.3 is 6.09 Å². The van der Waals surface area contributed by atoms with Gasteiger partial charge in [-0.05, 0) is 38.5 Å². The summed E-state index contributed by atoms with van der Waals surface area (Å²) in [5.74, 6) is -0.290. The van der Waals surface area contributed by atoms with Gasteiger partial charge in [-0.25, -0.2) is 4.79 Å². The van der Waals surface area contributed by atoms with Gasteiger partial charge in [-0.15, -0.1) is 0 Å². The average Bonchev–Trinajstić information content (AvgIpc) is 3.00. The van der Waals surface area contributed by atoms with Gasteiger partial charge in [0, 0.05) is 25.1 Å². The SMILES string of the molecule is CN(CC(=O)Nc1ccccc1Cn1cccn1)C(=O)OC(C)(C)C. The van der Waals surface area contributed by atoms with Gasteiger partial charge in [0.05, 0.1) is 6.54 Å². The quantitative estimate of drug-likeness (QED) is 0.905. The highest BCUT2D eigenvalue weighted by Crippen LogP contribution is 2.16. The van der Waals surface area contributed by atoms with E-state index in [4.69, 9.17) is 4.74 Å². The normalized spacial score (nSPS) is 11.0. The molecule has 2 amide bonds. The van der Waals surface area contributed by atoms with Crippen molar-refractivity contribution >= 4 is 17.7 Å². The van der Waals surface area contributed by atoms with Crippen molar-refractivity contribution in [3.63, 3.8) is 0 Å². The van der Waals surface area contributed by atoms with E-state index in [1.807, 2.05) is 36.5 Å². The fourth-order valence-electron chi connectivity index (χ4n) is 2.16. The Kier molecular flexibility index (Phi) is 5.80. The van der Waals surface area contributed by atoms with Crippen molar-refractivity contribution in [3.8, 4) is 0 Å². The largest absolute Gasteiger partial charge is 0.444 e. The molecule has 0 spiro atoms. The van der Waals surface area contributed by atoms with E-state index in [2.05, 4.69) is 10.4 Å². The summed E-state index contributed by atoms with van der Waals surface area (Å²) in [4.78, 5) is 25.4. The van der Waals surface area contributed by atoms with Crippen molar-refractivity contribution in [2.24, 2.45) is 0 Å². The van der Waals surface area contributed by atoms with Crippen LogP contribution in [0.1, 0.15) is 26.3 Å². The second kappa shape index (κ2) is 7.83. The molecular weight excluding hydrogens is 320 g/mol. The highest BCUT2D eigenvalue weighted by molar-refractivity contribution is 5.94. The first-order valence-electron chi connectivity index (χ1n) is 8.04. The molecule has 25 heavy (non-hydrogen) atoms. The third-order valence-corrected chi connectivity index (χ3v) is 3.27.